The van der Waals surface area contributed by atoms with E-state index < -0.39 is 9.15 Å². The van der Waals surface area contributed by atoms with Gasteiger partial charge in [-0.1, -0.05) is 12.1 Å². The van der Waals surface area contributed by atoms with Gasteiger partial charge in [-0.2, -0.15) is 0 Å². The molecule has 0 radical (unpaired) electrons. The van der Waals surface area contributed by atoms with Crippen LogP contribution in [-0.4, -0.2) is 18.1 Å². The molecule has 0 heterocycles. The summed E-state index contributed by atoms with van der Waals surface area (Å²) in [7, 11) is -3.90. The second kappa shape index (κ2) is 5.99. The van der Waals surface area contributed by atoms with E-state index in [0.717, 1.165) is 0 Å². The third-order valence-corrected chi connectivity index (χ3v) is 3.27. The van der Waals surface area contributed by atoms with Gasteiger partial charge < -0.3 is 9.66 Å². The molecule has 0 spiro atoms. The zero-order valence-corrected chi connectivity index (χ0v) is 11.1. The minimum atomic E-state index is -4.23. The fraction of sp³-hybridized carbons (Fsp3) is 0.143. The summed E-state index contributed by atoms with van der Waals surface area (Å²) < 4.78 is 30.7. The summed E-state index contributed by atoms with van der Waals surface area (Å²) in [5.74, 6) is 0.213. The maximum absolute atomic E-state index is 10.2. The molecule has 0 bridgehead atoms. The van der Waals surface area contributed by atoms with Crippen LogP contribution in [-0.2, 0) is 14.9 Å². The second-order valence-electron chi connectivity index (χ2n) is 2.34. The van der Waals surface area contributed by atoms with Crippen molar-refractivity contribution in [2.24, 2.45) is 0 Å². The van der Waals surface area contributed by atoms with Crippen LogP contribution >= 0.6 is 10.8 Å². The van der Waals surface area contributed by atoms with Gasteiger partial charge in [-0.25, -0.2) is 8.42 Å². The minimum Gasteiger partial charge on any atom is -0.739 e. The number of phenols is 1. The summed E-state index contributed by atoms with van der Waals surface area (Å²) in [6.45, 7) is 0. The third-order valence-electron chi connectivity index (χ3n) is 1.31. The molecule has 0 saturated carbocycles. The van der Waals surface area contributed by atoms with Gasteiger partial charge >= 0.3 is 29.6 Å². The number of hydrogen-bond acceptors (Lipinski definition) is 5. The van der Waals surface area contributed by atoms with Gasteiger partial charge in [0, 0.05) is 5.75 Å². The average Bonchev–Trinajstić information content (AvgIpc) is 2.02. The molecule has 72 valence electrons. The first-order valence-electron chi connectivity index (χ1n) is 3.35. The molecule has 0 saturated heterocycles. The normalized spacial score (nSPS) is 10.6. The maximum atomic E-state index is 10.2. The third kappa shape index (κ3) is 5.90. The Bertz CT molecular complexity index is 373. The van der Waals surface area contributed by atoms with Gasteiger partial charge in [0.2, 0.25) is 0 Å². The fourth-order valence-corrected chi connectivity index (χ4v) is 2.05. The monoisotopic (exact) mass is 242 g/mol. The van der Waals surface area contributed by atoms with Gasteiger partial charge in [0.05, 0.1) is 0 Å². The van der Waals surface area contributed by atoms with Crippen LogP contribution < -0.4 is 29.6 Å². The average molecular weight is 242 g/mol. The van der Waals surface area contributed by atoms with E-state index in [2.05, 4.69) is 0 Å². The first-order valence-corrected chi connectivity index (χ1v) is 6.26. The van der Waals surface area contributed by atoms with Gasteiger partial charge in [-0.05, 0) is 28.5 Å². The molecule has 0 atom stereocenters. The van der Waals surface area contributed by atoms with Crippen LogP contribution in [0.4, 0.5) is 0 Å². The zero-order valence-electron chi connectivity index (χ0n) is 7.50. The van der Waals surface area contributed by atoms with Crippen LogP contribution in [0.1, 0.15) is 5.56 Å². The predicted molar refractivity (Wildman–Crippen MR) is 49.1 cm³/mol. The van der Waals surface area contributed by atoms with Gasteiger partial charge in [0.15, 0.2) is 0 Å². The van der Waals surface area contributed by atoms with Crippen LogP contribution in [0.15, 0.2) is 24.3 Å². The Hall–Kier alpha value is 0.280. The van der Waals surface area contributed by atoms with E-state index in [1.165, 1.54) is 12.1 Å². The van der Waals surface area contributed by atoms with Crippen molar-refractivity contribution in [3.63, 3.8) is 0 Å². The van der Waals surface area contributed by atoms with Crippen molar-refractivity contribution in [2.75, 3.05) is 0 Å². The molecule has 0 fully saturated rings. The summed E-state index contributed by atoms with van der Waals surface area (Å²) in [5, 5.41) is 8.90. The van der Waals surface area contributed by atoms with Crippen molar-refractivity contribution in [2.45, 2.75) is 5.75 Å². The summed E-state index contributed by atoms with van der Waals surface area (Å²) in [6, 6.07) is 6.00. The van der Waals surface area contributed by atoms with Crippen molar-refractivity contribution in [1.29, 1.82) is 0 Å². The Morgan fingerprint density at radius 3 is 2.21 bits per heavy atom. The molecule has 14 heavy (non-hydrogen) atoms. The van der Waals surface area contributed by atoms with E-state index in [4.69, 9.17) is 5.11 Å². The summed E-state index contributed by atoms with van der Waals surface area (Å²) in [6.07, 6.45) is 0. The fourth-order valence-electron chi connectivity index (χ4n) is 0.732. The Kier molecular flexibility index (Phi) is 6.11. The van der Waals surface area contributed by atoms with E-state index in [1.54, 1.807) is 12.1 Å². The Morgan fingerprint density at radius 2 is 1.79 bits per heavy atom. The zero-order chi connectivity index (χ0) is 9.90. The first-order chi connectivity index (χ1) is 5.97. The van der Waals surface area contributed by atoms with Gasteiger partial charge in [0.25, 0.3) is 0 Å². The van der Waals surface area contributed by atoms with E-state index in [1.807, 2.05) is 0 Å². The number of hydrogen-bond donors (Lipinski definition) is 1. The molecule has 1 aromatic rings. The van der Waals surface area contributed by atoms with Crippen molar-refractivity contribution in [3.8, 4) is 5.75 Å². The van der Waals surface area contributed by atoms with Crippen LogP contribution in [0.5, 0.6) is 5.75 Å². The van der Waals surface area contributed by atoms with Gasteiger partial charge in [0.1, 0.15) is 14.9 Å². The molecule has 0 aliphatic rings. The molecular formula is C7H7NaO4S2. The van der Waals surface area contributed by atoms with E-state index in [0.29, 0.717) is 16.4 Å². The van der Waals surface area contributed by atoms with Crippen molar-refractivity contribution in [3.05, 3.63) is 29.8 Å². The van der Waals surface area contributed by atoms with Crippen LogP contribution in [0, 0.1) is 0 Å². The SMILES string of the molecule is O=S(=O)([O-])SCc1ccc(O)cc1.[Na+]. The molecule has 0 aromatic heterocycles. The maximum Gasteiger partial charge on any atom is 1.00 e. The molecule has 4 nitrogen and oxygen atoms in total. The molecule has 0 amide bonds. The van der Waals surface area contributed by atoms with E-state index in [-0.39, 0.29) is 41.1 Å². The van der Waals surface area contributed by atoms with Crippen LogP contribution in [0.2, 0.25) is 0 Å². The Morgan fingerprint density at radius 1 is 1.29 bits per heavy atom. The molecule has 1 N–H and O–H groups in total. The van der Waals surface area contributed by atoms with Crippen molar-refractivity contribution >= 4 is 19.9 Å². The van der Waals surface area contributed by atoms with Gasteiger partial charge in [-0.3, -0.25) is 0 Å². The van der Waals surface area contributed by atoms with E-state index in [9.17, 15) is 13.0 Å². The molecule has 0 unspecified atom stereocenters. The molecular weight excluding hydrogens is 235 g/mol. The molecule has 1 aromatic carbocycles. The summed E-state index contributed by atoms with van der Waals surface area (Å²) in [4.78, 5) is 0. The van der Waals surface area contributed by atoms with Crippen molar-refractivity contribution < 1.29 is 47.6 Å². The van der Waals surface area contributed by atoms with Gasteiger partial charge in [-0.15, -0.1) is 0 Å². The Balaban J connectivity index is 0.00000169. The number of phenolic OH excluding ortho intramolecular Hbond substituents is 1. The summed E-state index contributed by atoms with van der Waals surface area (Å²) >= 11 is 0. The minimum absolute atomic E-state index is 0. The largest absolute Gasteiger partial charge is 1.00 e. The van der Waals surface area contributed by atoms with Crippen LogP contribution in [0.3, 0.4) is 0 Å². The molecule has 0 aliphatic heterocycles. The topological polar surface area (TPSA) is 77.4 Å². The van der Waals surface area contributed by atoms with E-state index >= 15 is 0 Å². The van der Waals surface area contributed by atoms with Crippen LogP contribution in [0.25, 0.3) is 0 Å². The predicted octanol–water partition coefficient (Wildman–Crippen LogP) is -1.91. The van der Waals surface area contributed by atoms with Crippen molar-refractivity contribution in [1.82, 2.24) is 0 Å². The summed E-state index contributed by atoms with van der Waals surface area (Å²) in [5.41, 5.74) is 0.683. The smallest absolute Gasteiger partial charge is 0.739 e. The quantitative estimate of drug-likeness (QED) is 0.380. The second-order valence-corrected chi connectivity index (χ2v) is 5.61. The first kappa shape index (κ1) is 14.3. The standard InChI is InChI=1S/C7H8O4S2.Na/c8-7-3-1-6(2-4-7)5-12-13(9,10)11;/h1-4,8H,5H2,(H,9,10,11);/q;+1/p-1. The number of benzene rings is 1. The molecule has 7 heteroatoms. The molecule has 1 rings (SSSR count). The Labute approximate surface area is 108 Å². The number of aromatic hydroxyl groups is 1. The number of rotatable bonds is 3. The molecule has 0 aliphatic carbocycles.